The SMILES string of the molecule is CCNc1cn2ccnc2c(-n2cc(C(N)=O)cn2)n1. The zero-order valence-corrected chi connectivity index (χ0v) is 10.8. The molecular formula is C12H13N7O. The Morgan fingerprint density at radius 2 is 2.30 bits per heavy atom. The van der Waals surface area contributed by atoms with Crippen molar-refractivity contribution in [3.63, 3.8) is 0 Å². The second kappa shape index (κ2) is 4.65. The summed E-state index contributed by atoms with van der Waals surface area (Å²) in [4.78, 5) is 19.8. The quantitative estimate of drug-likeness (QED) is 0.717. The summed E-state index contributed by atoms with van der Waals surface area (Å²) in [6.45, 7) is 2.73. The molecule has 3 heterocycles. The van der Waals surface area contributed by atoms with Gasteiger partial charge in [0.1, 0.15) is 5.82 Å². The fraction of sp³-hybridized carbons (Fsp3) is 0.167. The largest absolute Gasteiger partial charge is 0.369 e. The molecule has 3 N–H and O–H groups in total. The number of nitrogens with two attached hydrogens (primary N) is 1. The van der Waals surface area contributed by atoms with Crippen LogP contribution in [0.3, 0.4) is 0 Å². The number of primary amides is 1. The standard InChI is InChI=1S/C12H13N7O/c1-2-14-9-7-18-4-3-15-11(18)12(17-9)19-6-8(5-16-19)10(13)20/h3-7,14H,2H2,1H3,(H2,13,20). The van der Waals surface area contributed by atoms with Crippen LogP contribution in [0.15, 0.2) is 31.0 Å². The maximum absolute atomic E-state index is 11.1. The molecule has 8 nitrogen and oxygen atoms in total. The van der Waals surface area contributed by atoms with E-state index in [1.54, 1.807) is 6.20 Å². The van der Waals surface area contributed by atoms with Crippen molar-refractivity contribution >= 4 is 17.4 Å². The van der Waals surface area contributed by atoms with Crippen molar-refractivity contribution in [2.45, 2.75) is 6.92 Å². The minimum Gasteiger partial charge on any atom is -0.369 e. The van der Waals surface area contributed by atoms with Gasteiger partial charge < -0.3 is 15.5 Å². The molecule has 3 aromatic rings. The summed E-state index contributed by atoms with van der Waals surface area (Å²) in [5.74, 6) is 0.698. The van der Waals surface area contributed by atoms with Gasteiger partial charge in [0.15, 0.2) is 11.5 Å². The predicted octanol–water partition coefficient (Wildman–Crippen LogP) is 0.446. The number of hydrogen-bond acceptors (Lipinski definition) is 5. The lowest BCUT2D eigenvalue weighted by atomic mass is 10.3. The van der Waals surface area contributed by atoms with Crippen molar-refractivity contribution in [3.05, 3.63) is 36.5 Å². The number of aromatic nitrogens is 5. The number of carbonyl (C=O) groups excluding carboxylic acids is 1. The molecule has 20 heavy (non-hydrogen) atoms. The van der Waals surface area contributed by atoms with E-state index < -0.39 is 5.91 Å². The normalized spacial score (nSPS) is 10.8. The van der Waals surface area contributed by atoms with E-state index >= 15 is 0 Å². The van der Waals surface area contributed by atoms with Gasteiger partial charge in [-0.2, -0.15) is 5.10 Å². The number of imidazole rings is 1. The topological polar surface area (TPSA) is 103 Å². The zero-order valence-electron chi connectivity index (χ0n) is 10.8. The fourth-order valence-corrected chi connectivity index (χ4v) is 1.90. The van der Waals surface area contributed by atoms with E-state index in [0.717, 1.165) is 6.54 Å². The summed E-state index contributed by atoms with van der Waals surface area (Å²) in [7, 11) is 0. The van der Waals surface area contributed by atoms with Gasteiger partial charge in [0, 0.05) is 25.1 Å². The monoisotopic (exact) mass is 271 g/mol. The Morgan fingerprint density at radius 1 is 1.45 bits per heavy atom. The van der Waals surface area contributed by atoms with E-state index in [1.807, 2.05) is 23.7 Å². The first-order valence-electron chi connectivity index (χ1n) is 6.11. The van der Waals surface area contributed by atoms with Gasteiger partial charge in [-0.3, -0.25) is 4.79 Å². The zero-order chi connectivity index (χ0) is 14.1. The molecule has 8 heteroatoms. The number of amides is 1. The predicted molar refractivity (Wildman–Crippen MR) is 72.8 cm³/mol. The smallest absolute Gasteiger partial charge is 0.251 e. The van der Waals surface area contributed by atoms with Gasteiger partial charge in [-0.25, -0.2) is 14.6 Å². The van der Waals surface area contributed by atoms with Gasteiger partial charge in [0.25, 0.3) is 5.91 Å². The van der Waals surface area contributed by atoms with E-state index in [0.29, 0.717) is 22.8 Å². The molecule has 0 fully saturated rings. The Morgan fingerprint density at radius 3 is 3.00 bits per heavy atom. The molecule has 0 aliphatic carbocycles. The Kier molecular flexibility index (Phi) is 2.82. The van der Waals surface area contributed by atoms with Crippen molar-refractivity contribution in [2.75, 3.05) is 11.9 Å². The van der Waals surface area contributed by atoms with Crippen molar-refractivity contribution in [1.29, 1.82) is 0 Å². The molecule has 0 spiro atoms. The average Bonchev–Trinajstić information content (AvgIpc) is 3.07. The van der Waals surface area contributed by atoms with E-state index in [9.17, 15) is 4.79 Å². The van der Waals surface area contributed by atoms with Crippen LogP contribution in [0.5, 0.6) is 0 Å². The van der Waals surface area contributed by atoms with Crippen molar-refractivity contribution < 1.29 is 4.79 Å². The minimum atomic E-state index is -0.529. The highest BCUT2D eigenvalue weighted by Crippen LogP contribution is 2.15. The number of fused-ring (bicyclic) bond motifs is 1. The summed E-state index contributed by atoms with van der Waals surface area (Å²) in [5, 5.41) is 7.25. The van der Waals surface area contributed by atoms with E-state index in [4.69, 9.17) is 5.73 Å². The Hall–Kier alpha value is -2.90. The maximum Gasteiger partial charge on any atom is 0.251 e. The lowest BCUT2D eigenvalue weighted by Gasteiger charge is -2.07. The van der Waals surface area contributed by atoms with Gasteiger partial charge in [0.05, 0.1) is 18.0 Å². The number of anilines is 1. The van der Waals surface area contributed by atoms with Crippen LogP contribution < -0.4 is 11.1 Å². The van der Waals surface area contributed by atoms with Crippen LogP contribution >= 0.6 is 0 Å². The van der Waals surface area contributed by atoms with Gasteiger partial charge in [-0.1, -0.05) is 0 Å². The van der Waals surface area contributed by atoms with Gasteiger partial charge in [-0.15, -0.1) is 0 Å². The van der Waals surface area contributed by atoms with E-state index in [2.05, 4.69) is 20.4 Å². The molecule has 102 valence electrons. The Balaban J connectivity index is 2.17. The van der Waals surface area contributed by atoms with Crippen LogP contribution in [-0.2, 0) is 0 Å². The molecule has 0 saturated heterocycles. The molecule has 3 aromatic heterocycles. The van der Waals surface area contributed by atoms with E-state index in [1.165, 1.54) is 17.1 Å². The van der Waals surface area contributed by atoms with Crippen LogP contribution in [0.1, 0.15) is 17.3 Å². The fourth-order valence-electron chi connectivity index (χ4n) is 1.90. The molecule has 1 amide bonds. The highest BCUT2D eigenvalue weighted by molar-refractivity contribution is 5.92. The van der Waals surface area contributed by atoms with Crippen LogP contribution in [0.25, 0.3) is 11.5 Å². The Labute approximate surface area is 114 Å². The molecule has 0 bridgehead atoms. The van der Waals surface area contributed by atoms with Crippen molar-refractivity contribution in [2.24, 2.45) is 5.73 Å². The third-order valence-corrected chi connectivity index (χ3v) is 2.80. The van der Waals surface area contributed by atoms with Gasteiger partial charge in [-0.05, 0) is 6.92 Å². The summed E-state index contributed by atoms with van der Waals surface area (Å²) >= 11 is 0. The number of rotatable bonds is 4. The second-order valence-electron chi connectivity index (χ2n) is 4.18. The maximum atomic E-state index is 11.1. The molecule has 0 aliphatic rings. The first kappa shape index (κ1) is 12.2. The summed E-state index contributed by atoms with van der Waals surface area (Å²) in [6, 6.07) is 0. The van der Waals surface area contributed by atoms with Crippen LogP contribution in [0, 0.1) is 0 Å². The number of carbonyl (C=O) groups is 1. The number of nitrogens with zero attached hydrogens (tertiary/aromatic N) is 5. The summed E-state index contributed by atoms with van der Waals surface area (Å²) in [5.41, 5.74) is 6.20. The number of nitrogens with one attached hydrogen (secondary N) is 1. The second-order valence-corrected chi connectivity index (χ2v) is 4.18. The van der Waals surface area contributed by atoms with Gasteiger partial charge >= 0.3 is 0 Å². The average molecular weight is 271 g/mol. The summed E-state index contributed by atoms with van der Waals surface area (Å²) in [6.07, 6.45) is 8.28. The molecule has 0 radical (unpaired) electrons. The lowest BCUT2D eigenvalue weighted by molar-refractivity contribution is 0.100. The molecule has 0 aromatic carbocycles. The van der Waals surface area contributed by atoms with E-state index in [-0.39, 0.29) is 0 Å². The first-order valence-corrected chi connectivity index (χ1v) is 6.11. The summed E-state index contributed by atoms with van der Waals surface area (Å²) < 4.78 is 3.33. The lowest BCUT2D eigenvalue weighted by Crippen LogP contribution is -2.10. The van der Waals surface area contributed by atoms with Crippen molar-refractivity contribution in [3.8, 4) is 5.82 Å². The van der Waals surface area contributed by atoms with Crippen molar-refractivity contribution in [1.82, 2.24) is 24.1 Å². The highest BCUT2D eigenvalue weighted by Gasteiger charge is 2.12. The van der Waals surface area contributed by atoms with Crippen LogP contribution in [0.4, 0.5) is 5.82 Å². The third-order valence-electron chi connectivity index (χ3n) is 2.80. The Bertz CT molecular complexity index is 773. The first-order chi connectivity index (χ1) is 9.69. The molecule has 3 rings (SSSR count). The minimum absolute atomic E-state index is 0.324. The molecule has 0 unspecified atom stereocenters. The molecule has 0 saturated carbocycles. The van der Waals surface area contributed by atoms with Gasteiger partial charge in [0.2, 0.25) is 0 Å². The molecular weight excluding hydrogens is 258 g/mol. The van der Waals surface area contributed by atoms with Crippen LogP contribution in [0.2, 0.25) is 0 Å². The third kappa shape index (κ3) is 1.96. The molecule has 0 atom stereocenters. The van der Waals surface area contributed by atoms with Crippen LogP contribution in [-0.4, -0.2) is 36.6 Å². The highest BCUT2D eigenvalue weighted by atomic mass is 16.1. The number of hydrogen-bond donors (Lipinski definition) is 2. The molecule has 0 aliphatic heterocycles.